The molecule has 1 aliphatic heterocycles. The van der Waals surface area contributed by atoms with Crippen molar-refractivity contribution in [3.63, 3.8) is 0 Å². The first-order chi connectivity index (χ1) is 13.7. The molecule has 1 atom stereocenters. The lowest BCUT2D eigenvalue weighted by Crippen LogP contribution is -2.28. The second-order valence-corrected chi connectivity index (χ2v) is 7.35. The molecule has 0 aliphatic carbocycles. The largest absolute Gasteiger partial charge is 0.497 e. The number of carbonyl (C=O) groups excluding carboxylic acids is 1. The van der Waals surface area contributed by atoms with Gasteiger partial charge in [-0.2, -0.15) is 0 Å². The monoisotopic (exact) mass is 406 g/mol. The number of amides is 1. The molecule has 1 aliphatic rings. The Morgan fingerprint density at radius 1 is 1.32 bits per heavy atom. The number of methoxy groups -OCH3 is 2. The van der Waals surface area contributed by atoms with Crippen LogP contribution in [0.1, 0.15) is 12.8 Å². The summed E-state index contributed by atoms with van der Waals surface area (Å²) in [6.45, 7) is 2.44. The van der Waals surface area contributed by atoms with Crippen molar-refractivity contribution in [2.45, 2.75) is 30.6 Å². The van der Waals surface area contributed by atoms with Crippen LogP contribution >= 0.6 is 11.8 Å². The highest BCUT2D eigenvalue weighted by molar-refractivity contribution is 7.99. The molecule has 0 saturated carbocycles. The first kappa shape index (κ1) is 20.6. The maximum absolute atomic E-state index is 12.0. The first-order valence-electron chi connectivity index (χ1n) is 9.29. The summed E-state index contributed by atoms with van der Waals surface area (Å²) in [6.07, 6.45) is 2.22. The van der Waals surface area contributed by atoms with Crippen molar-refractivity contribution >= 4 is 17.7 Å². The SMILES string of the molecule is COCCNC(=O)CSc1nnc(-c2ccc(OC)cc2)n1C[C@@H]1CCCO1. The van der Waals surface area contributed by atoms with Crippen LogP contribution in [0.4, 0.5) is 0 Å². The Morgan fingerprint density at radius 2 is 2.14 bits per heavy atom. The van der Waals surface area contributed by atoms with Gasteiger partial charge in [-0.1, -0.05) is 11.8 Å². The molecule has 8 nitrogen and oxygen atoms in total. The maximum Gasteiger partial charge on any atom is 0.230 e. The van der Waals surface area contributed by atoms with Crippen LogP contribution in [0.5, 0.6) is 5.75 Å². The van der Waals surface area contributed by atoms with Gasteiger partial charge in [0, 0.05) is 25.8 Å². The lowest BCUT2D eigenvalue weighted by Gasteiger charge is -2.15. The Labute approximate surface area is 168 Å². The van der Waals surface area contributed by atoms with Crippen molar-refractivity contribution in [2.75, 3.05) is 39.7 Å². The molecule has 2 aromatic rings. The van der Waals surface area contributed by atoms with Gasteiger partial charge in [0.2, 0.25) is 5.91 Å². The molecular weight excluding hydrogens is 380 g/mol. The van der Waals surface area contributed by atoms with Gasteiger partial charge in [0.15, 0.2) is 11.0 Å². The number of nitrogens with zero attached hydrogens (tertiary/aromatic N) is 3. The molecule has 0 unspecified atom stereocenters. The molecule has 28 heavy (non-hydrogen) atoms. The van der Waals surface area contributed by atoms with Crippen LogP contribution in [0.25, 0.3) is 11.4 Å². The predicted octanol–water partition coefficient (Wildman–Crippen LogP) is 1.99. The van der Waals surface area contributed by atoms with Gasteiger partial charge in [-0.15, -0.1) is 10.2 Å². The minimum Gasteiger partial charge on any atom is -0.497 e. The number of nitrogens with one attached hydrogen (secondary N) is 1. The van der Waals surface area contributed by atoms with E-state index in [0.717, 1.165) is 36.6 Å². The minimum atomic E-state index is -0.0558. The zero-order valence-electron chi connectivity index (χ0n) is 16.2. The highest BCUT2D eigenvalue weighted by atomic mass is 32.2. The fraction of sp³-hybridized carbons (Fsp3) is 0.526. The smallest absolute Gasteiger partial charge is 0.230 e. The molecule has 1 saturated heterocycles. The minimum absolute atomic E-state index is 0.0558. The third-order valence-corrected chi connectivity index (χ3v) is 5.40. The van der Waals surface area contributed by atoms with Crippen molar-refractivity contribution in [3.8, 4) is 17.1 Å². The van der Waals surface area contributed by atoms with Crippen molar-refractivity contribution in [3.05, 3.63) is 24.3 Å². The van der Waals surface area contributed by atoms with Crippen molar-refractivity contribution < 1.29 is 19.0 Å². The zero-order chi connectivity index (χ0) is 19.8. The van der Waals surface area contributed by atoms with Crippen molar-refractivity contribution in [2.24, 2.45) is 0 Å². The third-order valence-electron chi connectivity index (χ3n) is 4.44. The molecule has 1 N–H and O–H groups in total. The van der Waals surface area contributed by atoms with E-state index in [1.165, 1.54) is 11.8 Å². The Hall–Kier alpha value is -2.10. The number of benzene rings is 1. The molecular formula is C19H26N4O4S. The van der Waals surface area contributed by atoms with Crippen LogP contribution in [0.3, 0.4) is 0 Å². The van der Waals surface area contributed by atoms with Crippen LogP contribution in [-0.4, -0.2) is 66.5 Å². The van der Waals surface area contributed by atoms with E-state index >= 15 is 0 Å². The molecule has 1 fully saturated rings. The highest BCUT2D eigenvalue weighted by Crippen LogP contribution is 2.27. The molecule has 1 aromatic heterocycles. The summed E-state index contributed by atoms with van der Waals surface area (Å²) in [5.41, 5.74) is 0.947. The fourth-order valence-electron chi connectivity index (χ4n) is 2.98. The first-order valence-corrected chi connectivity index (χ1v) is 10.3. The van der Waals surface area contributed by atoms with Crippen molar-refractivity contribution in [1.82, 2.24) is 20.1 Å². The van der Waals surface area contributed by atoms with E-state index in [-0.39, 0.29) is 17.8 Å². The van der Waals surface area contributed by atoms with E-state index in [1.807, 2.05) is 28.8 Å². The van der Waals surface area contributed by atoms with E-state index in [9.17, 15) is 4.79 Å². The predicted molar refractivity (Wildman–Crippen MR) is 107 cm³/mol. The topological polar surface area (TPSA) is 87.5 Å². The van der Waals surface area contributed by atoms with Crippen LogP contribution < -0.4 is 10.1 Å². The standard InChI is InChI=1S/C19H26N4O4S/c1-25-11-9-20-17(24)13-28-19-22-21-18(14-5-7-15(26-2)8-6-14)23(19)12-16-4-3-10-27-16/h5-8,16H,3-4,9-13H2,1-2H3,(H,20,24)/t16-/m0/s1. The summed E-state index contributed by atoms with van der Waals surface area (Å²) < 4.78 is 18.0. The molecule has 1 amide bonds. The number of hydrogen-bond acceptors (Lipinski definition) is 7. The van der Waals surface area contributed by atoms with Crippen LogP contribution in [0, 0.1) is 0 Å². The summed E-state index contributed by atoms with van der Waals surface area (Å²) in [5, 5.41) is 12.2. The summed E-state index contributed by atoms with van der Waals surface area (Å²) in [5.74, 6) is 1.77. The number of thioether (sulfide) groups is 1. The van der Waals surface area contributed by atoms with Gasteiger partial charge in [0.05, 0.1) is 32.1 Å². The lowest BCUT2D eigenvalue weighted by atomic mass is 10.2. The number of ether oxygens (including phenoxy) is 3. The van der Waals surface area contributed by atoms with Gasteiger partial charge in [-0.05, 0) is 37.1 Å². The van der Waals surface area contributed by atoms with Crippen LogP contribution in [0.15, 0.2) is 29.4 Å². The summed E-state index contributed by atoms with van der Waals surface area (Å²) in [4.78, 5) is 12.0. The second kappa shape index (κ2) is 10.4. The molecule has 0 spiro atoms. The molecule has 9 heteroatoms. The van der Waals surface area contributed by atoms with Gasteiger partial charge in [-0.25, -0.2) is 0 Å². The molecule has 1 aromatic carbocycles. The molecule has 3 rings (SSSR count). The quantitative estimate of drug-likeness (QED) is 0.477. The van der Waals surface area contributed by atoms with Crippen LogP contribution in [-0.2, 0) is 20.8 Å². The Bertz CT molecular complexity index is 760. The van der Waals surface area contributed by atoms with E-state index in [2.05, 4.69) is 15.5 Å². The Balaban J connectivity index is 1.74. The van der Waals surface area contributed by atoms with Gasteiger partial charge in [-0.3, -0.25) is 9.36 Å². The zero-order valence-corrected chi connectivity index (χ0v) is 17.0. The average Bonchev–Trinajstić information content (AvgIpc) is 3.37. The highest BCUT2D eigenvalue weighted by Gasteiger charge is 2.22. The fourth-order valence-corrected chi connectivity index (χ4v) is 3.76. The van der Waals surface area contributed by atoms with Crippen LogP contribution in [0.2, 0.25) is 0 Å². The number of hydrogen-bond donors (Lipinski definition) is 1. The van der Waals surface area contributed by atoms with Gasteiger partial charge in [0.1, 0.15) is 5.75 Å². The summed E-state index contributed by atoms with van der Waals surface area (Å²) in [7, 11) is 3.25. The summed E-state index contributed by atoms with van der Waals surface area (Å²) >= 11 is 1.38. The maximum atomic E-state index is 12.0. The average molecular weight is 407 g/mol. The van der Waals surface area contributed by atoms with Gasteiger partial charge < -0.3 is 19.5 Å². The van der Waals surface area contributed by atoms with Gasteiger partial charge in [0.25, 0.3) is 0 Å². The van der Waals surface area contributed by atoms with E-state index < -0.39 is 0 Å². The number of aromatic nitrogens is 3. The molecule has 0 radical (unpaired) electrons. The Morgan fingerprint density at radius 3 is 2.82 bits per heavy atom. The normalized spacial score (nSPS) is 16.3. The van der Waals surface area contributed by atoms with E-state index in [1.54, 1.807) is 14.2 Å². The van der Waals surface area contributed by atoms with E-state index in [4.69, 9.17) is 14.2 Å². The second-order valence-electron chi connectivity index (χ2n) is 6.41. The lowest BCUT2D eigenvalue weighted by molar-refractivity contribution is -0.118. The Kier molecular flexibility index (Phi) is 7.70. The van der Waals surface area contributed by atoms with Gasteiger partial charge >= 0.3 is 0 Å². The number of rotatable bonds is 10. The van der Waals surface area contributed by atoms with E-state index in [0.29, 0.717) is 24.9 Å². The molecule has 2 heterocycles. The van der Waals surface area contributed by atoms with Crippen molar-refractivity contribution in [1.29, 1.82) is 0 Å². The molecule has 0 bridgehead atoms. The molecule has 152 valence electrons. The summed E-state index contributed by atoms with van der Waals surface area (Å²) in [6, 6.07) is 7.72. The number of carbonyl (C=O) groups is 1. The third kappa shape index (κ3) is 5.46.